The van der Waals surface area contributed by atoms with Crippen LogP contribution in [0.15, 0.2) is 40.9 Å². The molecule has 0 bridgehead atoms. The van der Waals surface area contributed by atoms with Gasteiger partial charge in [0.05, 0.1) is 21.8 Å². The molecule has 2 aromatic carbocycles. The number of carbonyl (C=O) groups is 2. The minimum atomic E-state index is -0.338. The molecule has 0 N–H and O–H groups in total. The molecule has 2 aliphatic rings. The smallest absolute Gasteiger partial charge is 0.263 e. The summed E-state index contributed by atoms with van der Waals surface area (Å²) in [6.45, 7) is 2.59. The Hall–Kier alpha value is -2.77. The molecule has 8 heteroatoms. The molecular weight excluding hydrogens is 409 g/mol. The van der Waals surface area contributed by atoms with Crippen molar-refractivity contribution < 1.29 is 18.5 Å². The highest BCUT2D eigenvalue weighted by atomic mass is 35.5. The number of aromatic nitrogens is 1. The van der Waals surface area contributed by atoms with Gasteiger partial charge in [0.15, 0.2) is 5.58 Å². The number of amides is 2. The minimum absolute atomic E-state index is 0.242. The van der Waals surface area contributed by atoms with Gasteiger partial charge in [0.1, 0.15) is 5.82 Å². The van der Waals surface area contributed by atoms with E-state index in [2.05, 4.69) is 10.1 Å². The fraction of sp³-hybridized carbons (Fsp3) is 0.318. The zero-order valence-corrected chi connectivity index (χ0v) is 16.9. The average Bonchev–Trinajstić information content (AvgIpc) is 3.26. The van der Waals surface area contributed by atoms with Crippen molar-refractivity contribution in [3.63, 3.8) is 0 Å². The van der Waals surface area contributed by atoms with Crippen molar-refractivity contribution in [2.24, 2.45) is 0 Å². The van der Waals surface area contributed by atoms with Gasteiger partial charge in [0, 0.05) is 30.5 Å². The summed E-state index contributed by atoms with van der Waals surface area (Å²) in [5, 5.41) is 5.35. The van der Waals surface area contributed by atoms with Crippen LogP contribution < -0.4 is 0 Å². The van der Waals surface area contributed by atoms with Crippen molar-refractivity contribution in [1.29, 1.82) is 0 Å². The maximum atomic E-state index is 13.4. The summed E-state index contributed by atoms with van der Waals surface area (Å²) in [7, 11) is 0. The summed E-state index contributed by atoms with van der Waals surface area (Å²) >= 11 is 6.11. The lowest BCUT2D eigenvalue weighted by atomic mass is 9.91. The van der Waals surface area contributed by atoms with E-state index in [1.807, 2.05) is 0 Å². The van der Waals surface area contributed by atoms with Crippen molar-refractivity contribution in [1.82, 2.24) is 15.0 Å². The molecule has 1 saturated heterocycles. The number of carbonyl (C=O) groups excluding carboxylic acids is 2. The predicted octanol–water partition coefficient (Wildman–Crippen LogP) is 4.10. The highest BCUT2D eigenvalue weighted by Crippen LogP contribution is 2.33. The Morgan fingerprint density at radius 1 is 1.10 bits per heavy atom. The third kappa shape index (κ3) is 3.18. The summed E-state index contributed by atoms with van der Waals surface area (Å²) in [6.07, 6.45) is 1.76. The molecule has 30 heavy (non-hydrogen) atoms. The molecule has 0 spiro atoms. The van der Waals surface area contributed by atoms with Crippen LogP contribution in [0.25, 0.3) is 11.0 Å². The summed E-state index contributed by atoms with van der Waals surface area (Å²) in [6, 6.07) is 9.45. The fourth-order valence-electron chi connectivity index (χ4n) is 4.39. The Kier molecular flexibility index (Phi) is 4.79. The first kappa shape index (κ1) is 19.2. The van der Waals surface area contributed by atoms with Gasteiger partial charge in [-0.25, -0.2) is 4.39 Å². The Bertz CT molecular complexity index is 1150. The van der Waals surface area contributed by atoms with Gasteiger partial charge in [0.2, 0.25) is 0 Å². The molecule has 154 valence electrons. The highest BCUT2D eigenvalue weighted by Gasteiger charge is 2.37. The van der Waals surface area contributed by atoms with Gasteiger partial charge >= 0.3 is 0 Å². The van der Waals surface area contributed by atoms with E-state index in [0.29, 0.717) is 34.8 Å². The molecule has 0 aliphatic carbocycles. The van der Waals surface area contributed by atoms with E-state index in [4.69, 9.17) is 16.1 Å². The number of rotatable bonds is 4. The second kappa shape index (κ2) is 7.49. The van der Waals surface area contributed by atoms with Crippen LogP contribution in [-0.4, -0.2) is 52.9 Å². The molecular formula is C22H19ClFN3O3. The van der Waals surface area contributed by atoms with E-state index < -0.39 is 0 Å². The Morgan fingerprint density at radius 3 is 2.67 bits per heavy atom. The SMILES string of the molecule is O=C1c2cccc(Cl)c2C(=O)N1CCN1CCC(c2noc3cc(F)ccc23)CC1. The van der Waals surface area contributed by atoms with Gasteiger partial charge in [-0.2, -0.15) is 0 Å². The third-order valence-corrected chi connectivity index (χ3v) is 6.34. The van der Waals surface area contributed by atoms with Crippen LogP contribution >= 0.6 is 11.6 Å². The molecule has 2 amide bonds. The van der Waals surface area contributed by atoms with Crippen LogP contribution in [0.5, 0.6) is 0 Å². The number of fused-ring (bicyclic) bond motifs is 2. The summed E-state index contributed by atoms with van der Waals surface area (Å²) in [4.78, 5) is 28.7. The molecule has 0 saturated carbocycles. The van der Waals surface area contributed by atoms with Gasteiger partial charge in [0.25, 0.3) is 11.8 Å². The summed E-state index contributed by atoms with van der Waals surface area (Å²) in [5.74, 6) is -0.703. The number of halogens is 2. The highest BCUT2D eigenvalue weighted by molar-refractivity contribution is 6.37. The van der Waals surface area contributed by atoms with Crippen LogP contribution in [0.4, 0.5) is 4.39 Å². The normalized spacial score (nSPS) is 17.9. The number of likely N-dealkylation sites (tertiary alicyclic amines) is 1. The quantitative estimate of drug-likeness (QED) is 0.586. The standard InChI is InChI=1S/C22H19ClFN3O3/c23-17-3-1-2-16-19(17)22(29)27(21(16)28)11-10-26-8-6-13(7-9-26)20-15-5-4-14(24)12-18(15)30-25-20/h1-5,12-13H,6-11H2. The zero-order chi connectivity index (χ0) is 20.8. The zero-order valence-electron chi connectivity index (χ0n) is 16.1. The van der Waals surface area contributed by atoms with Gasteiger partial charge in [-0.1, -0.05) is 22.8 Å². The van der Waals surface area contributed by atoms with E-state index in [0.717, 1.165) is 37.0 Å². The number of hydrogen-bond acceptors (Lipinski definition) is 5. The molecule has 3 aromatic rings. The van der Waals surface area contributed by atoms with Crippen molar-refractivity contribution in [2.75, 3.05) is 26.2 Å². The van der Waals surface area contributed by atoms with Crippen LogP contribution in [0, 0.1) is 5.82 Å². The molecule has 6 nitrogen and oxygen atoms in total. The Balaban J connectivity index is 1.21. The van der Waals surface area contributed by atoms with Gasteiger partial charge in [-0.3, -0.25) is 14.5 Å². The second-order valence-electron chi connectivity index (χ2n) is 7.75. The minimum Gasteiger partial charge on any atom is -0.356 e. The predicted molar refractivity (Wildman–Crippen MR) is 109 cm³/mol. The maximum absolute atomic E-state index is 13.4. The Morgan fingerprint density at radius 2 is 1.90 bits per heavy atom. The first-order chi connectivity index (χ1) is 14.5. The summed E-state index contributed by atoms with van der Waals surface area (Å²) < 4.78 is 18.7. The van der Waals surface area contributed by atoms with Crippen LogP contribution in [-0.2, 0) is 0 Å². The van der Waals surface area contributed by atoms with Gasteiger partial charge in [-0.15, -0.1) is 0 Å². The number of nitrogens with zero attached hydrogens (tertiary/aromatic N) is 3. The van der Waals surface area contributed by atoms with Crippen molar-refractivity contribution >= 4 is 34.4 Å². The third-order valence-electron chi connectivity index (χ3n) is 6.02. The molecule has 0 unspecified atom stereocenters. The van der Waals surface area contributed by atoms with Crippen molar-refractivity contribution in [2.45, 2.75) is 18.8 Å². The van der Waals surface area contributed by atoms with Crippen LogP contribution in [0.2, 0.25) is 5.02 Å². The number of benzene rings is 2. The Labute approximate surface area is 177 Å². The lowest BCUT2D eigenvalue weighted by Gasteiger charge is -2.32. The average molecular weight is 428 g/mol. The molecule has 5 rings (SSSR count). The number of hydrogen-bond donors (Lipinski definition) is 0. The first-order valence-corrected chi connectivity index (χ1v) is 10.3. The molecule has 1 aromatic heterocycles. The van der Waals surface area contributed by atoms with E-state index in [-0.39, 0.29) is 23.5 Å². The van der Waals surface area contributed by atoms with Crippen molar-refractivity contribution in [3.8, 4) is 0 Å². The van der Waals surface area contributed by atoms with E-state index in [9.17, 15) is 14.0 Å². The van der Waals surface area contributed by atoms with E-state index in [1.165, 1.54) is 17.0 Å². The molecule has 0 radical (unpaired) electrons. The first-order valence-electron chi connectivity index (χ1n) is 9.95. The molecule has 1 fully saturated rings. The summed E-state index contributed by atoms with van der Waals surface area (Å²) in [5.41, 5.74) is 2.02. The van der Waals surface area contributed by atoms with Crippen LogP contribution in [0.3, 0.4) is 0 Å². The maximum Gasteiger partial charge on any atom is 0.263 e. The lowest BCUT2D eigenvalue weighted by molar-refractivity contribution is 0.0629. The molecule has 2 aliphatic heterocycles. The topological polar surface area (TPSA) is 66.7 Å². The number of piperidine rings is 1. The van der Waals surface area contributed by atoms with Crippen molar-refractivity contribution in [3.05, 3.63) is 64.1 Å². The van der Waals surface area contributed by atoms with Gasteiger partial charge < -0.3 is 9.42 Å². The fourth-order valence-corrected chi connectivity index (χ4v) is 4.65. The monoisotopic (exact) mass is 427 g/mol. The van der Waals surface area contributed by atoms with E-state index in [1.54, 1.807) is 24.3 Å². The molecule has 3 heterocycles. The largest absolute Gasteiger partial charge is 0.356 e. The lowest BCUT2D eigenvalue weighted by Crippen LogP contribution is -2.41. The number of imide groups is 1. The molecule has 0 atom stereocenters. The second-order valence-corrected chi connectivity index (χ2v) is 8.16. The van der Waals surface area contributed by atoms with Crippen LogP contribution in [0.1, 0.15) is 45.2 Å². The van der Waals surface area contributed by atoms with E-state index >= 15 is 0 Å². The van der Waals surface area contributed by atoms with Gasteiger partial charge in [-0.05, 0) is 50.2 Å².